The molecule has 2 spiro atoms. The lowest BCUT2D eigenvalue weighted by Crippen LogP contribution is -2.73. The molecule has 0 amide bonds. The van der Waals surface area contributed by atoms with Crippen LogP contribution in [0.2, 0.25) is 0 Å². The first-order chi connectivity index (χ1) is 25.7. The second-order valence-electron chi connectivity index (χ2n) is 16.5. The Balaban J connectivity index is 1.05. The molecule has 7 aromatic carbocycles. The van der Waals surface area contributed by atoms with E-state index >= 15 is 0 Å². The van der Waals surface area contributed by atoms with E-state index in [9.17, 15) is 0 Å². The van der Waals surface area contributed by atoms with E-state index in [0.29, 0.717) is 5.41 Å². The van der Waals surface area contributed by atoms with Crippen LogP contribution in [0.4, 0.5) is 17.1 Å². The zero-order valence-electron chi connectivity index (χ0n) is 28.9. The highest BCUT2D eigenvalue weighted by Crippen LogP contribution is 2.89. The van der Waals surface area contributed by atoms with Crippen molar-refractivity contribution in [1.82, 2.24) is 0 Å². The fourth-order valence-corrected chi connectivity index (χ4v) is 14.1. The Morgan fingerprint density at radius 2 is 1.23 bits per heavy atom. The number of hydrogen-bond donors (Lipinski definition) is 0. The Kier molecular flexibility index (Phi) is 5.36. The van der Waals surface area contributed by atoms with E-state index in [1.54, 1.807) is 11.1 Å². The largest absolute Gasteiger partial charge is 0.310 e. The van der Waals surface area contributed by atoms with E-state index in [1.165, 1.54) is 95.9 Å². The third-order valence-corrected chi connectivity index (χ3v) is 15.8. The minimum absolute atomic E-state index is 0.171. The van der Waals surface area contributed by atoms with E-state index in [1.807, 2.05) is 11.3 Å². The van der Waals surface area contributed by atoms with Crippen LogP contribution in [-0.2, 0) is 5.41 Å². The van der Waals surface area contributed by atoms with Crippen molar-refractivity contribution in [3.63, 3.8) is 0 Å². The molecule has 2 heteroatoms. The number of nitrogens with zero attached hydrogens (tertiary/aromatic N) is 1. The highest BCUT2D eigenvalue weighted by molar-refractivity contribution is 7.25. The van der Waals surface area contributed by atoms with Gasteiger partial charge in [0.05, 0.1) is 5.69 Å². The summed E-state index contributed by atoms with van der Waals surface area (Å²) < 4.78 is 2.68. The average Bonchev–Trinajstić information content (AvgIpc) is 3.92. The van der Waals surface area contributed by atoms with Crippen LogP contribution in [0, 0.1) is 29.1 Å². The number of fused-ring (bicyclic) bond motifs is 12. The predicted octanol–water partition coefficient (Wildman–Crippen LogP) is 13.7. The van der Waals surface area contributed by atoms with Crippen LogP contribution in [0.25, 0.3) is 53.2 Å². The zero-order valence-corrected chi connectivity index (χ0v) is 29.7. The van der Waals surface area contributed by atoms with E-state index in [4.69, 9.17) is 0 Å². The lowest BCUT2D eigenvalue weighted by Gasteiger charge is -2.76. The quantitative estimate of drug-likeness (QED) is 0.178. The van der Waals surface area contributed by atoms with Crippen molar-refractivity contribution in [2.45, 2.75) is 31.1 Å². The fraction of sp³-hybridized carbons (Fsp3) is 0.200. The van der Waals surface area contributed by atoms with Crippen LogP contribution in [0.5, 0.6) is 0 Å². The number of rotatable bonds is 4. The molecule has 248 valence electrons. The maximum absolute atomic E-state index is 2.58. The van der Waals surface area contributed by atoms with Crippen molar-refractivity contribution in [3.05, 3.63) is 163 Å². The molecule has 6 atom stereocenters. The van der Waals surface area contributed by atoms with Gasteiger partial charge >= 0.3 is 0 Å². The second kappa shape index (κ2) is 9.82. The minimum atomic E-state index is 0.171. The van der Waals surface area contributed by atoms with Gasteiger partial charge in [-0.3, -0.25) is 0 Å². The van der Waals surface area contributed by atoms with Crippen molar-refractivity contribution < 1.29 is 0 Å². The highest BCUT2D eigenvalue weighted by atomic mass is 32.1. The molecule has 2 bridgehead atoms. The fourth-order valence-electron chi connectivity index (χ4n) is 13.0. The van der Waals surface area contributed by atoms with E-state index in [2.05, 4.69) is 157 Å². The summed E-state index contributed by atoms with van der Waals surface area (Å²) in [5, 5.41) is 5.22. The molecular formula is C50H37NS. The SMILES string of the molecule is c1ccc(-c2ccc3c(c2)-c2cc(N(c4ccc5c(c4)sc4ccccc45)c4cccc5ccccc45)ccc2C32C3CC4CC5CC2C53C4)cc1. The Bertz CT molecular complexity index is 2810. The molecule has 8 aromatic rings. The third kappa shape index (κ3) is 3.33. The molecule has 4 saturated carbocycles. The van der Waals surface area contributed by atoms with Gasteiger partial charge in [0.1, 0.15) is 0 Å². The van der Waals surface area contributed by atoms with Crippen molar-refractivity contribution in [2.24, 2.45) is 29.1 Å². The van der Waals surface area contributed by atoms with Crippen LogP contribution >= 0.6 is 11.3 Å². The zero-order chi connectivity index (χ0) is 33.8. The molecule has 13 rings (SSSR count). The summed E-state index contributed by atoms with van der Waals surface area (Å²) in [7, 11) is 0. The number of benzene rings is 7. The first kappa shape index (κ1) is 28.4. The summed E-state index contributed by atoms with van der Waals surface area (Å²) in [6, 6.07) is 57.8. The number of anilines is 3. The van der Waals surface area contributed by atoms with Crippen molar-refractivity contribution in [3.8, 4) is 22.3 Å². The summed E-state index contributed by atoms with van der Waals surface area (Å²) in [4.78, 5) is 2.54. The van der Waals surface area contributed by atoms with Crippen molar-refractivity contribution >= 4 is 59.3 Å². The van der Waals surface area contributed by atoms with E-state index < -0.39 is 0 Å². The Morgan fingerprint density at radius 1 is 0.519 bits per heavy atom. The van der Waals surface area contributed by atoms with Gasteiger partial charge in [0.25, 0.3) is 0 Å². The summed E-state index contributed by atoms with van der Waals surface area (Å²) in [5.74, 6) is 3.51. The Hall–Kier alpha value is -5.18. The smallest absolute Gasteiger partial charge is 0.0540 e. The van der Waals surface area contributed by atoms with Gasteiger partial charge in [-0.1, -0.05) is 109 Å². The molecule has 0 saturated heterocycles. The summed E-state index contributed by atoms with van der Waals surface area (Å²) >= 11 is 1.90. The molecule has 0 N–H and O–H groups in total. The van der Waals surface area contributed by atoms with Crippen LogP contribution in [0.1, 0.15) is 36.8 Å². The van der Waals surface area contributed by atoms with Crippen molar-refractivity contribution in [2.75, 3.05) is 4.90 Å². The first-order valence-electron chi connectivity index (χ1n) is 19.3. The molecule has 6 unspecified atom stereocenters. The first-order valence-corrected chi connectivity index (χ1v) is 20.1. The molecule has 5 aliphatic carbocycles. The third-order valence-electron chi connectivity index (χ3n) is 14.7. The van der Waals surface area contributed by atoms with Gasteiger partial charge < -0.3 is 4.90 Å². The Labute approximate surface area is 308 Å². The van der Waals surface area contributed by atoms with Crippen LogP contribution < -0.4 is 4.90 Å². The number of hydrogen-bond acceptors (Lipinski definition) is 2. The van der Waals surface area contributed by atoms with Gasteiger partial charge in [0.15, 0.2) is 0 Å². The lowest BCUT2D eigenvalue weighted by atomic mass is 9.27. The van der Waals surface area contributed by atoms with Gasteiger partial charge in [0, 0.05) is 42.3 Å². The van der Waals surface area contributed by atoms with Crippen LogP contribution in [-0.4, -0.2) is 0 Å². The molecule has 1 heterocycles. The second-order valence-corrected chi connectivity index (χ2v) is 17.6. The molecule has 52 heavy (non-hydrogen) atoms. The summed E-state index contributed by atoms with van der Waals surface area (Å²) in [6.45, 7) is 0. The summed E-state index contributed by atoms with van der Waals surface area (Å²) in [5.41, 5.74) is 13.2. The van der Waals surface area contributed by atoms with E-state index in [-0.39, 0.29) is 5.41 Å². The standard InChI is InChI=1S/C50H37NS/c1-2-9-31(10-3-1)33-17-21-42-40(25-33)41-27-35(19-22-43(41)50(42)47-24-30-23-34-26-48(50)49(34,47)29-30)51(44-15-8-12-32-11-4-5-13-37(32)44)36-18-20-39-38-14-6-7-16-45(38)52-46(39)28-36/h1-22,25,27-28,30,34,47-48H,23-24,26,29H2. The predicted molar refractivity (Wildman–Crippen MR) is 218 cm³/mol. The molecule has 1 aromatic heterocycles. The number of thiophene rings is 1. The molecule has 5 aliphatic rings. The molecule has 1 nitrogen and oxygen atoms in total. The monoisotopic (exact) mass is 683 g/mol. The van der Waals surface area contributed by atoms with Crippen molar-refractivity contribution in [1.29, 1.82) is 0 Å². The van der Waals surface area contributed by atoms with Gasteiger partial charge in [-0.25, -0.2) is 0 Å². The Morgan fingerprint density at radius 3 is 2.13 bits per heavy atom. The molecular weight excluding hydrogens is 647 g/mol. The normalized spacial score (nSPS) is 27.1. The van der Waals surface area contributed by atoms with Gasteiger partial charge in [-0.15, -0.1) is 11.3 Å². The van der Waals surface area contributed by atoms with Crippen LogP contribution in [0.15, 0.2) is 152 Å². The maximum Gasteiger partial charge on any atom is 0.0540 e. The maximum atomic E-state index is 2.58. The minimum Gasteiger partial charge on any atom is -0.310 e. The molecule has 0 radical (unpaired) electrons. The van der Waals surface area contributed by atoms with Gasteiger partial charge in [-0.05, 0) is 136 Å². The van der Waals surface area contributed by atoms with Gasteiger partial charge in [-0.2, -0.15) is 0 Å². The average molecular weight is 684 g/mol. The molecule has 4 fully saturated rings. The van der Waals surface area contributed by atoms with Crippen LogP contribution in [0.3, 0.4) is 0 Å². The highest BCUT2D eigenvalue weighted by Gasteiger charge is 2.84. The van der Waals surface area contributed by atoms with E-state index in [0.717, 1.165) is 23.7 Å². The topological polar surface area (TPSA) is 3.24 Å². The summed E-state index contributed by atoms with van der Waals surface area (Å²) in [6.07, 6.45) is 5.84. The molecule has 0 aliphatic heterocycles. The van der Waals surface area contributed by atoms with Gasteiger partial charge in [0.2, 0.25) is 0 Å². The lowest BCUT2D eigenvalue weighted by molar-refractivity contribution is -0.231.